The lowest BCUT2D eigenvalue weighted by Gasteiger charge is -2.71. The van der Waals surface area contributed by atoms with E-state index >= 15 is 0 Å². The molecule has 3 unspecified atom stereocenters. The summed E-state index contributed by atoms with van der Waals surface area (Å²) in [5.41, 5.74) is 0.295. The number of carbonyl (C=O) groups is 1. The van der Waals surface area contributed by atoms with E-state index in [1.54, 1.807) is 0 Å². The highest BCUT2D eigenvalue weighted by molar-refractivity contribution is 5.77. The summed E-state index contributed by atoms with van der Waals surface area (Å²) in [6.07, 6.45) is 9.35. The minimum atomic E-state index is -1.04. The van der Waals surface area contributed by atoms with Gasteiger partial charge in [0, 0.05) is 0 Å². The molecule has 0 amide bonds. The van der Waals surface area contributed by atoms with Gasteiger partial charge in [-0.05, 0) is 103 Å². The molecule has 3 N–H and O–H groups in total. The number of aliphatic carboxylic acids is 1. The van der Waals surface area contributed by atoms with Crippen LogP contribution in [0.15, 0.2) is 11.6 Å². The van der Waals surface area contributed by atoms with Crippen LogP contribution in [0.3, 0.4) is 0 Å². The number of hydrogen-bond acceptors (Lipinski definition) is 3. The molecule has 0 aromatic heterocycles. The van der Waals surface area contributed by atoms with E-state index in [1.807, 2.05) is 0 Å². The predicted octanol–water partition coefficient (Wildman–Crippen LogP) is 6.20. The number of hydrogen-bond donors (Lipinski definition) is 3. The zero-order valence-electron chi connectivity index (χ0n) is 22.6. The zero-order valence-corrected chi connectivity index (χ0v) is 22.6. The Hall–Kier alpha value is -0.870. The third kappa shape index (κ3) is 2.82. The Balaban J connectivity index is 1.63. The highest BCUT2D eigenvalue weighted by Crippen LogP contribution is 2.75. The fourth-order valence-corrected chi connectivity index (χ4v) is 10.7. The molecular formula is C30H48O4. The largest absolute Gasteiger partial charge is 0.481 e. The summed E-state index contributed by atoms with van der Waals surface area (Å²) in [5.74, 6) is 0.0888. The van der Waals surface area contributed by atoms with Crippen molar-refractivity contribution in [2.24, 2.45) is 50.2 Å². The lowest BCUT2D eigenvalue weighted by atomic mass is 9.33. The molecule has 4 fully saturated rings. The summed E-state index contributed by atoms with van der Waals surface area (Å²) in [5, 5.41) is 33.1. The van der Waals surface area contributed by atoms with Gasteiger partial charge in [-0.2, -0.15) is 0 Å². The van der Waals surface area contributed by atoms with Crippen molar-refractivity contribution in [3.63, 3.8) is 0 Å². The molecule has 4 saturated carbocycles. The van der Waals surface area contributed by atoms with Crippen LogP contribution in [-0.2, 0) is 4.79 Å². The molecular weight excluding hydrogens is 424 g/mol. The van der Waals surface area contributed by atoms with Gasteiger partial charge in [0.15, 0.2) is 0 Å². The highest BCUT2D eigenvalue weighted by atomic mass is 16.4. The molecule has 4 nitrogen and oxygen atoms in total. The Labute approximate surface area is 206 Å². The lowest BCUT2D eigenvalue weighted by molar-refractivity contribution is -0.218. The average Bonchev–Trinajstić information content (AvgIpc) is 2.71. The Kier molecular flexibility index (Phi) is 5.20. The number of allylic oxidation sites excluding steroid dienone is 2. The van der Waals surface area contributed by atoms with Crippen molar-refractivity contribution >= 4 is 5.97 Å². The molecule has 5 rings (SSSR count). The third-order valence-electron chi connectivity index (χ3n) is 13.1. The van der Waals surface area contributed by atoms with E-state index in [-0.39, 0.29) is 39.1 Å². The van der Waals surface area contributed by atoms with Gasteiger partial charge in [-0.25, -0.2) is 0 Å². The molecule has 34 heavy (non-hydrogen) atoms. The third-order valence-corrected chi connectivity index (χ3v) is 13.1. The monoisotopic (exact) mass is 472 g/mol. The summed E-state index contributed by atoms with van der Waals surface area (Å²) in [6.45, 7) is 16.4. The number of carboxylic acids is 1. The molecule has 0 spiro atoms. The summed E-state index contributed by atoms with van der Waals surface area (Å²) in [7, 11) is 0. The van der Waals surface area contributed by atoms with Gasteiger partial charge in [0.1, 0.15) is 5.41 Å². The van der Waals surface area contributed by atoms with Crippen LogP contribution >= 0.6 is 0 Å². The van der Waals surface area contributed by atoms with Gasteiger partial charge in [-0.3, -0.25) is 4.79 Å². The van der Waals surface area contributed by atoms with Gasteiger partial charge < -0.3 is 15.3 Å². The molecule has 192 valence electrons. The fourth-order valence-electron chi connectivity index (χ4n) is 10.7. The number of carboxylic acid groups (broad SMARTS) is 1. The Morgan fingerprint density at radius 1 is 0.853 bits per heavy atom. The van der Waals surface area contributed by atoms with Crippen molar-refractivity contribution in [2.75, 3.05) is 0 Å². The van der Waals surface area contributed by atoms with Gasteiger partial charge in [-0.1, -0.05) is 60.1 Å². The second kappa shape index (κ2) is 7.12. The summed E-state index contributed by atoms with van der Waals surface area (Å²) >= 11 is 0. The van der Waals surface area contributed by atoms with E-state index in [2.05, 4.69) is 54.5 Å². The molecule has 0 aliphatic heterocycles. The van der Waals surface area contributed by atoms with Gasteiger partial charge in [0.25, 0.3) is 0 Å². The minimum absolute atomic E-state index is 0.0218. The van der Waals surface area contributed by atoms with Crippen LogP contribution in [-0.4, -0.2) is 33.5 Å². The van der Waals surface area contributed by atoms with E-state index < -0.39 is 17.5 Å². The lowest BCUT2D eigenvalue weighted by Crippen LogP contribution is -2.67. The topological polar surface area (TPSA) is 77.8 Å². The van der Waals surface area contributed by atoms with Crippen LogP contribution < -0.4 is 0 Å². The predicted molar refractivity (Wildman–Crippen MR) is 134 cm³/mol. The summed E-state index contributed by atoms with van der Waals surface area (Å²) < 4.78 is 0. The highest BCUT2D eigenvalue weighted by Gasteiger charge is 2.71. The summed E-state index contributed by atoms with van der Waals surface area (Å²) in [6, 6.07) is 0. The number of aliphatic hydroxyl groups is 2. The minimum Gasteiger partial charge on any atom is -0.481 e. The van der Waals surface area contributed by atoms with Crippen molar-refractivity contribution < 1.29 is 20.1 Å². The molecule has 0 bridgehead atoms. The van der Waals surface area contributed by atoms with Gasteiger partial charge >= 0.3 is 5.97 Å². The van der Waals surface area contributed by atoms with E-state index in [9.17, 15) is 20.1 Å². The van der Waals surface area contributed by atoms with Crippen LogP contribution in [0.4, 0.5) is 0 Å². The zero-order chi connectivity index (χ0) is 25.1. The molecule has 0 aromatic rings. The Morgan fingerprint density at radius 3 is 2.18 bits per heavy atom. The Bertz CT molecular complexity index is 919. The van der Waals surface area contributed by atoms with Crippen molar-refractivity contribution in [2.45, 2.75) is 118 Å². The van der Waals surface area contributed by atoms with Gasteiger partial charge in [0.05, 0.1) is 12.2 Å². The Morgan fingerprint density at radius 2 is 1.53 bits per heavy atom. The number of aliphatic hydroxyl groups excluding tert-OH is 2. The maximum absolute atomic E-state index is 12.8. The van der Waals surface area contributed by atoms with Crippen LogP contribution in [0.25, 0.3) is 0 Å². The van der Waals surface area contributed by atoms with Crippen LogP contribution in [0.2, 0.25) is 0 Å². The summed E-state index contributed by atoms with van der Waals surface area (Å²) in [4.78, 5) is 12.8. The molecule has 0 heterocycles. The molecule has 0 radical (unpaired) electrons. The first-order valence-corrected chi connectivity index (χ1v) is 13.9. The smallest absolute Gasteiger partial charge is 0.312 e. The second-order valence-electron chi connectivity index (χ2n) is 15.2. The molecule has 5 aliphatic rings. The van der Waals surface area contributed by atoms with Crippen molar-refractivity contribution in [3.8, 4) is 0 Å². The quantitative estimate of drug-likeness (QED) is 0.397. The second-order valence-corrected chi connectivity index (χ2v) is 15.2. The molecule has 4 heteroatoms. The van der Waals surface area contributed by atoms with Crippen LogP contribution in [0.5, 0.6) is 0 Å². The first-order valence-electron chi connectivity index (χ1n) is 13.9. The van der Waals surface area contributed by atoms with E-state index in [4.69, 9.17) is 0 Å². The fraction of sp³-hybridized carbons (Fsp3) is 0.900. The number of fused-ring (bicyclic) bond motifs is 7. The van der Waals surface area contributed by atoms with Crippen LogP contribution in [0, 0.1) is 50.2 Å². The molecule has 0 saturated heterocycles. The average molecular weight is 473 g/mol. The van der Waals surface area contributed by atoms with Gasteiger partial charge in [0.2, 0.25) is 0 Å². The van der Waals surface area contributed by atoms with Crippen molar-refractivity contribution in [1.82, 2.24) is 0 Å². The SMILES string of the molecule is CC1(C)CC[C@]2(C(=O)O)C(O)C[C@]3(C)C(=CC[C@@H]4[C@@]5(C)CCC(O)C(C)(C)C5CC[C@]43C)[C@@H]2C1. The molecule has 5 aliphatic carbocycles. The standard InChI is InChI=1S/C30H48O4/c1-25(2)14-15-30(24(33)34)19(16-25)18-8-9-21-27(5)12-11-22(31)26(3,4)20(27)10-13-28(21,6)29(18,7)17-23(30)32/h8,19-23,31-32H,9-17H2,1-7H3,(H,33,34)/t19-,20?,21+,22?,23?,27-,28+,29+,30+/m0/s1. The van der Waals surface area contributed by atoms with E-state index in [0.29, 0.717) is 24.7 Å². The van der Waals surface area contributed by atoms with Gasteiger partial charge in [-0.15, -0.1) is 0 Å². The molecule has 9 atom stereocenters. The maximum Gasteiger partial charge on any atom is 0.312 e. The first kappa shape index (κ1) is 24.8. The maximum atomic E-state index is 12.8. The van der Waals surface area contributed by atoms with Crippen molar-refractivity contribution in [3.05, 3.63) is 11.6 Å². The van der Waals surface area contributed by atoms with E-state index in [1.165, 1.54) is 5.57 Å². The number of rotatable bonds is 1. The normalized spacial score (nSPS) is 53.4. The van der Waals surface area contributed by atoms with E-state index in [0.717, 1.165) is 44.9 Å². The first-order chi connectivity index (χ1) is 15.6. The van der Waals surface area contributed by atoms with Crippen LogP contribution in [0.1, 0.15) is 106 Å². The van der Waals surface area contributed by atoms with Crippen molar-refractivity contribution in [1.29, 1.82) is 0 Å². The molecule has 0 aromatic carbocycles.